The molecule has 0 saturated carbocycles. The Hall–Kier alpha value is -4.39. The predicted octanol–water partition coefficient (Wildman–Crippen LogP) is 9.44. The van der Waals surface area contributed by atoms with Crippen LogP contribution in [-0.2, 0) is 20.8 Å². The number of aromatic nitrogens is 5. The van der Waals surface area contributed by atoms with Gasteiger partial charge in [-0.2, -0.15) is 0 Å². The first kappa shape index (κ1) is 35.9. The van der Waals surface area contributed by atoms with Crippen molar-refractivity contribution in [1.82, 2.24) is 24.5 Å². The van der Waals surface area contributed by atoms with E-state index in [1.54, 1.807) is 53.8 Å². The van der Waals surface area contributed by atoms with Crippen LogP contribution >= 0.6 is 46.3 Å². The zero-order valence-corrected chi connectivity index (χ0v) is 29.7. The molecule has 0 bridgehead atoms. The maximum Gasteiger partial charge on any atom is 0.265 e. The summed E-state index contributed by atoms with van der Waals surface area (Å²) in [5.74, 6) is 2.29. The van der Waals surface area contributed by atoms with Crippen molar-refractivity contribution in [2.75, 3.05) is 24.3 Å². The first-order chi connectivity index (χ1) is 23.9. The van der Waals surface area contributed by atoms with Gasteiger partial charge in [0.25, 0.3) is 5.91 Å². The predicted molar refractivity (Wildman–Crippen MR) is 201 cm³/mol. The molecular formula is C36H34Cl2N6O3S2. The number of imidazole rings is 2. The van der Waals surface area contributed by atoms with Crippen molar-refractivity contribution in [1.29, 1.82) is 0 Å². The molecule has 0 radical (unpaired) electrons. The number of allylic oxidation sites excluding steroid dienone is 1. The Morgan fingerprint density at radius 2 is 1.98 bits per heavy atom. The third kappa shape index (κ3) is 10.5. The molecule has 1 atom stereocenters. The fourth-order valence-electron chi connectivity index (χ4n) is 4.62. The Bertz CT molecular complexity index is 1930. The zero-order valence-electron chi connectivity index (χ0n) is 26.6. The maximum atomic E-state index is 11.9. The van der Waals surface area contributed by atoms with Gasteiger partial charge in [0.05, 0.1) is 42.6 Å². The summed E-state index contributed by atoms with van der Waals surface area (Å²) < 4.78 is 13.1. The average molecular weight is 734 g/mol. The number of thiazole rings is 1. The lowest BCUT2D eigenvalue weighted by atomic mass is 10.1. The Labute approximate surface area is 303 Å². The lowest BCUT2D eigenvalue weighted by Crippen LogP contribution is -2.18. The second-order valence-corrected chi connectivity index (χ2v) is 13.1. The van der Waals surface area contributed by atoms with Crippen LogP contribution < -0.4 is 5.32 Å². The summed E-state index contributed by atoms with van der Waals surface area (Å²) >= 11 is 15.3. The van der Waals surface area contributed by atoms with Gasteiger partial charge in [-0.3, -0.25) is 4.79 Å². The van der Waals surface area contributed by atoms with Crippen molar-refractivity contribution in [2.45, 2.75) is 19.6 Å². The smallest absolute Gasteiger partial charge is 0.265 e. The van der Waals surface area contributed by atoms with E-state index in [1.165, 1.54) is 0 Å². The summed E-state index contributed by atoms with van der Waals surface area (Å²) in [5.41, 5.74) is 6.46. The Morgan fingerprint density at radius 1 is 1.16 bits per heavy atom. The average Bonchev–Trinajstić information content (AvgIpc) is 3.91. The SMILES string of the molecule is C=CCOC(Cn1ccnc1)c1ccc(Cl)cc1Cl.CC1=C(C(=O)Nc2ccccc2)SCCO1.c1ccc2[nH]c(-c3cscn3)nc2c1. The topological polar surface area (TPSA) is 107 Å². The fraction of sp³-hybridized carbons (Fsp3) is 0.167. The zero-order chi connectivity index (χ0) is 34.4. The van der Waals surface area contributed by atoms with Gasteiger partial charge < -0.3 is 24.3 Å². The monoisotopic (exact) mass is 732 g/mol. The number of ether oxygens (including phenoxy) is 2. The second-order valence-electron chi connectivity index (χ2n) is 10.4. The molecule has 9 nitrogen and oxygen atoms in total. The number of H-pyrrole nitrogens is 1. The number of hydrogen-bond acceptors (Lipinski definition) is 8. The van der Waals surface area contributed by atoms with Crippen LogP contribution in [0.2, 0.25) is 10.0 Å². The minimum absolute atomic E-state index is 0.0894. The van der Waals surface area contributed by atoms with Gasteiger partial charge >= 0.3 is 0 Å². The second kappa shape index (κ2) is 18.4. The lowest BCUT2D eigenvalue weighted by Gasteiger charge is -2.19. The Kier molecular flexibility index (Phi) is 13.5. The van der Waals surface area contributed by atoms with Gasteiger partial charge in [0.2, 0.25) is 0 Å². The van der Waals surface area contributed by atoms with Crippen molar-refractivity contribution < 1.29 is 14.3 Å². The standard InChI is InChI=1S/C14H14Cl2N2O.C12H13NO2S.C10H7N3S/c1-2-7-19-14(9-18-6-5-17-10-18)12-4-3-11(15)8-13(12)16;1-9-11(16-8-7-15-9)12(14)13-10-5-3-2-4-6-10;1-2-4-8-7(3-1)12-10(13-8)9-5-14-6-11-9/h2-6,8,10,14H,1,7,9H2;2-6H,7-8H2,1H3,(H,13,14);1-6H,(H,12,13). The van der Waals surface area contributed by atoms with Gasteiger partial charge in [0.1, 0.15) is 22.5 Å². The van der Waals surface area contributed by atoms with E-state index in [0.29, 0.717) is 40.5 Å². The van der Waals surface area contributed by atoms with Crippen LogP contribution in [0.15, 0.2) is 126 Å². The van der Waals surface area contributed by atoms with E-state index in [0.717, 1.165) is 39.6 Å². The summed E-state index contributed by atoms with van der Waals surface area (Å²) in [5, 5.41) is 6.04. The first-order valence-corrected chi connectivity index (χ1v) is 17.9. The number of carbonyl (C=O) groups is 1. The molecule has 6 aromatic rings. The van der Waals surface area contributed by atoms with Crippen LogP contribution in [0.4, 0.5) is 5.69 Å². The van der Waals surface area contributed by atoms with Crippen LogP contribution in [0.25, 0.3) is 22.6 Å². The van der Waals surface area contributed by atoms with Crippen molar-refractivity contribution in [3.8, 4) is 11.5 Å². The van der Waals surface area contributed by atoms with Crippen molar-refractivity contribution in [3.05, 3.63) is 141 Å². The third-order valence-corrected chi connectivity index (χ3v) is 9.21. The highest BCUT2D eigenvalue weighted by molar-refractivity contribution is 8.04. The fourth-order valence-corrected chi connectivity index (χ4v) is 6.50. The van der Waals surface area contributed by atoms with E-state index in [9.17, 15) is 4.79 Å². The molecule has 3 aromatic carbocycles. The van der Waals surface area contributed by atoms with Gasteiger partial charge in [-0.1, -0.05) is 65.7 Å². The van der Waals surface area contributed by atoms with E-state index >= 15 is 0 Å². The lowest BCUT2D eigenvalue weighted by molar-refractivity contribution is -0.112. The molecule has 49 heavy (non-hydrogen) atoms. The number of rotatable bonds is 9. The highest BCUT2D eigenvalue weighted by Crippen LogP contribution is 2.30. The molecule has 1 aliphatic heterocycles. The minimum atomic E-state index is -0.169. The maximum absolute atomic E-state index is 11.9. The number of hydrogen-bond donors (Lipinski definition) is 2. The molecule has 0 saturated heterocycles. The quantitative estimate of drug-likeness (QED) is 0.143. The molecule has 0 spiro atoms. The number of thioether (sulfide) groups is 1. The minimum Gasteiger partial charge on any atom is -0.496 e. The van der Waals surface area contributed by atoms with E-state index in [4.69, 9.17) is 32.7 Å². The molecule has 2 N–H and O–H groups in total. The van der Waals surface area contributed by atoms with Crippen LogP contribution in [0, 0.1) is 0 Å². The number of nitrogens with one attached hydrogen (secondary N) is 2. The summed E-state index contributed by atoms with van der Waals surface area (Å²) in [6.45, 7) is 7.26. The first-order valence-electron chi connectivity index (χ1n) is 15.2. The van der Waals surface area contributed by atoms with Crippen LogP contribution in [0.5, 0.6) is 0 Å². The molecule has 4 heterocycles. The molecule has 1 unspecified atom stereocenters. The van der Waals surface area contributed by atoms with Gasteiger partial charge in [0, 0.05) is 44.8 Å². The van der Waals surface area contributed by atoms with E-state index in [2.05, 4.69) is 31.8 Å². The van der Waals surface area contributed by atoms with E-state index in [1.807, 2.05) is 89.2 Å². The third-order valence-electron chi connectivity index (χ3n) is 6.93. The number of nitrogens with zero attached hydrogens (tertiary/aromatic N) is 4. The molecule has 7 rings (SSSR count). The normalized spacial score (nSPS) is 13.0. The highest BCUT2D eigenvalue weighted by atomic mass is 35.5. The molecule has 1 amide bonds. The van der Waals surface area contributed by atoms with E-state index < -0.39 is 0 Å². The van der Waals surface area contributed by atoms with Gasteiger partial charge in [-0.15, -0.1) is 29.7 Å². The highest BCUT2D eigenvalue weighted by Gasteiger charge is 2.19. The molecule has 0 fully saturated rings. The van der Waals surface area contributed by atoms with Crippen LogP contribution in [0.1, 0.15) is 18.6 Å². The van der Waals surface area contributed by atoms with Gasteiger partial charge in [-0.25, -0.2) is 15.0 Å². The van der Waals surface area contributed by atoms with Crippen LogP contribution in [0.3, 0.4) is 0 Å². The molecule has 13 heteroatoms. The number of benzene rings is 3. The number of fused-ring (bicyclic) bond motifs is 1. The number of aromatic amines is 1. The molecule has 0 aliphatic carbocycles. The summed E-state index contributed by atoms with van der Waals surface area (Å²) in [7, 11) is 0. The number of carbonyl (C=O) groups excluding carboxylic acids is 1. The van der Waals surface area contributed by atoms with Crippen molar-refractivity contribution >= 4 is 68.9 Å². The summed E-state index contributed by atoms with van der Waals surface area (Å²) in [4.78, 5) is 28.5. The molecular weight excluding hydrogens is 699 g/mol. The number of halogens is 2. The van der Waals surface area contributed by atoms with E-state index in [-0.39, 0.29) is 12.0 Å². The largest absolute Gasteiger partial charge is 0.496 e. The molecule has 1 aliphatic rings. The van der Waals surface area contributed by atoms with Gasteiger partial charge in [0.15, 0.2) is 5.82 Å². The Balaban J connectivity index is 0.000000145. The van der Waals surface area contributed by atoms with Crippen molar-refractivity contribution in [2.24, 2.45) is 0 Å². The number of anilines is 1. The number of para-hydroxylation sites is 3. The summed E-state index contributed by atoms with van der Waals surface area (Å²) in [6.07, 6.45) is 6.90. The molecule has 3 aromatic heterocycles. The number of amides is 1. The van der Waals surface area contributed by atoms with Crippen LogP contribution in [-0.4, -0.2) is 49.4 Å². The molecule has 252 valence electrons. The Morgan fingerprint density at radius 3 is 2.67 bits per heavy atom. The summed E-state index contributed by atoms with van der Waals surface area (Å²) in [6, 6.07) is 22.8. The van der Waals surface area contributed by atoms with Gasteiger partial charge in [-0.05, 0) is 43.3 Å². The van der Waals surface area contributed by atoms with Crippen molar-refractivity contribution in [3.63, 3.8) is 0 Å².